The first-order valence-corrected chi connectivity index (χ1v) is 8.96. The fraction of sp³-hybridized carbons (Fsp3) is 0.722. The predicted molar refractivity (Wildman–Crippen MR) is 91.9 cm³/mol. The normalized spacial score (nSPS) is 23.2. The molecule has 1 atom stereocenters. The summed E-state index contributed by atoms with van der Waals surface area (Å²) in [6.07, 6.45) is 7.43. The van der Waals surface area contributed by atoms with E-state index in [1.807, 2.05) is 6.92 Å². The number of hydrogen-bond donors (Lipinski definition) is 0. The summed E-state index contributed by atoms with van der Waals surface area (Å²) in [5.74, 6) is 0.831. The van der Waals surface area contributed by atoms with Gasteiger partial charge in [0.2, 0.25) is 0 Å². The Balaban J connectivity index is 1.82. The summed E-state index contributed by atoms with van der Waals surface area (Å²) in [4.78, 5) is 25.6. The zero-order valence-corrected chi connectivity index (χ0v) is 15.0. The number of aromatic nitrogens is 2. The zero-order chi connectivity index (χ0) is 17.1. The molecule has 2 aliphatic rings. The minimum atomic E-state index is -0.0380. The molecule has 0 saturated carbocycles. The average molecular weight is 332 g/mol. The van der Waals surface area contributed by atoms with Gasteiger partial charge in [0.05, 0.1) is 17.3 Å². The number of piperidine rings is 1. The molecule has 3 rings (SSSR count). The first-order chi connectivity index (χ1) is 11.6. The van der Waals surface area contributed by atoms with Gasteiger partial charge in [-0.2, -0.15) is 0 Å². The van der Waals surface area contributed by atoms with E-state index >= 15 is 0 Å². The first kappa shape index (κ1) is 17.3. The summed E-state index contributed by atoms with van der Waals surface area (Å²) in [5, 5.41) is 0. The first-order valence-electron chi connectivity index (χ1n) is 8.96. The van der Waals surface area contributed by atoms with Gasteiger partial charge in [0, 0.05) is 39.5 Å². The Morgan fingerprint density at radius 3 is 2.67 bits per heavy atom. The van der Waals surface area contributed by atoms with Crippen molar-refractivity contribution in [3.63, 3.8) is 0 Å². The van der Waals surface area contributed by atoms with Crippen LogP contribution in [0, 0.1) is 6.92 Å². The third-order valence-corrected chi connectivity index (χ3v) is 5.14. The molecular formula is C18H28N4O2. The molecule has 0 aliphatic carbocycles. The van der Waals surface area contributed by atoms with Gasteiger partial charge in [0.25, 0.3) is 5.91 Å². The lowest BCUT2D eigenvalue weighted by atomic mass is 9.96. The van der Waals surface area contributed by atoms with Crippen LogP contribution in [0.25, 0.3) is 0 Å². The van der Waals surface area contributed by atoms with Gasteiger partial charge in [-0.05, 0) is 39.2 Å². The van der Waals surface area contributed by atoms with Crippen LogP contribution >= 0.6 is 0 Å². The molecule has 2 saturated heterocycles. The molecule has 132 valence electrons. The lowest BCUT2D eigenvalue weighted by molar-refractivity contribution is 0.00207. The second kappa shape index (κ2) is 7.57. The van der Waals surface area contributed by atoms with Gasteiger partial charge in [0.15, 0.2) is 0 Å². The highest BCUT2D eigenvalue weighted by atomic mass is 16.5. The van der Waals surface area contributed by atoms with Crippen molar-refractivity contribution in [2.75, 3.05) is 33.9 Å². The van der Waals surface area contributed by atoms with E-state index < -0.39 is 0 Å². The van der Waals surface area contributed by atoms with E-state index in [1.165, 1.54) is 12.8 Å². The molecule has 0 bridgehead atoms. The van der Waals surface area contributed by atoms with Gasteiger partial charge < -0.3 is 9.64 Å². The molecule has 2 fully saturated rings. The fourth-order valence-corrected chi connectivity index (χ4v) is 3.78. The Bertz CT molecular complexity index is 584. The van der Waals surface area contributed by atoms with Crippen LogP contribution in [0.2, 0.25) is 0 Å². The predicted octanol–water partition coefficient (Wildman–Crippen LogP) is 2.19. The molecule has 0 N–H and O–H groups in total. The fourth-order valence-electron chi connectivity index (χ4n) is 3.78. The lowest BCUT2D eigenvalue weighted by Gasteiger charge is -2.42. The molecule has 1 aromatic rings. The van der Waals surface area contributed by atoms with Crippen LogP contribution in [0.4, 0.5) is 0 Å². The second-order valence-corrected chi connectivity index (χ2v) is 7.02. The third kappa shape index (κ3) is 3.59. The minimum Gasteiger partial charge on any atom is -0.381 e. The summed E-state index contributed by atoms with van der Waals surface area (Å²) in [6.45, 7) is 4.72. The van der Waals surface area contributed by atoms with E-state index in [-0.39, 0.29) is 11.9 Å². The number of carbonyl (C=O) groups excluding carboxylic acids is 1. The van der Waals surface area contributed by atoms with Crippen LogP contribution in [-0.4, -0.2) is 65.6 Å². The zero-order valence-electron chi connectivity index (χ0n) is 15.0. The van der Waals surface area contributed by atoms with E-state index in [0.717, 1.165) is 50.5 Å². The van der Waals surface area contributed by atoms with Crippen LogP contribution in [0.15, 0.2) is 6.20 Å². The second-order valence-electron chi connectivity index (χ2n) is 7.02. The summed E-state index contributed by atoms with van der Waals surface area (Å²) in [7, 11) is 3.51. The van der Waals surface area contributed by atoms with Crippen molar-refractivity contribution in [3.8, 4) is 0 Å². The summed E-state index contributed by atoms with van der Waals surface area (Å²) in [6, 6.07) is 0.833. The van der Waals surface area contributed by atoms with E-state index in [2.05, 4.69) is 9.88 Å². The molecule has 1 amide bonds. The molecule has 24 heavy (non-hydrogen) atoms. The van der Waals surface area contributed by atoms with Crippen LogP contribution in [-0.2, 0) is 4.74 Å². The van der Waals surface area contributed by atoms with E-state index in [0.29, 0.717) is 11.6 Å². The maximum atomic E-state index is 12.2. The number of aryl methyl sites for hydroxylation is 1. The molecule has 0 unspecified atom stereocenters. The smallest absolute Gasteiger partial charge is 0.256 e. The number of carbonyl (C=O) groups is 1. The number of amides is 1. The Hall–Kier alpha value is -1.53. The largest absolute Gasteiger partial charge is 0.381 e. The maximum absolute atomic E-state index is 12.2. The van der Waals surface area contributed by atoms with Gasteiger partial charge in [-0.1, -0.05) is 6.42 Å². The van der Waals surface area contributed by atoms with Crippen molar-refractivity contribution in [2.45, 2.75) is 51.1 Å². The number of nitrogens with zero attached hydrogens (tertiary/aromatic N) is 4. The van der Waals surface area contributed by atoms with E-state index in [9.17, 15) is 4.79 Å². The quantitative estimate of drug-likeness (QED) is 0.849. The van der Waals surface area contributed by atoms with Gasteiger partial charge in [-0.25, -0.2) is 9.97 Å². The van der Waals surface area contributed by atoms with Crippen molar-refractivity contribution < 1.29 is 9.53 Å². The van der Waals surface area contributed by atoms with Crippen molar-refractivity contribution in [1.82, 2.24) is 19.8 Å². The Morgan fingerprint density at radius 1 is 1.25 bits per heavy atom. The summed E-state index contributed by atoms with van der Waals surface area (Å²) >= 11 is 0. The number of hydrogen-bond acceptors (Lipinski definition) is 5. The minimum absolute atomic E-state index is 0.0380. The molecule has 1 aromatic heterocycles. The molecule has 6 nitrogen and oxygen atoms in total. The highest BCUT2D eigenvalue weighted by molar-refractivity contribution is 5.94. The van der Waals surface area contributed by atoms with Gasteiger partial charge in [0.1, 0.15) is 5.82 Å². The average Bonchev–Trinajstić information content (AvgIpc) is 2.61. The van der Waals surface area contributed by atoms with Gasteiger partial charge in [-0.3, -0.25) is 9.69 Å². The van der Waals surface area contributed by atoms with Crippen molar-refractivity contribution in [1.29, 1.82) is 0 Å². The third-order valence-electron chi connectivity index (χ3n) is 5.14. The summed E-state index contributed by atoms with van der Waals surface area (Å²) < 4.78 is 5.52. The van der Waals surface area contributed by atoms with Crippen LogP contribution < -0.4 is 0 Å². The van der Waals surface area contributed by atoms with Crippen LogP contribution in [0.1, 0.15) is 60.0 Å². The maximum Gasteiger partial charge on any atom is 0.256 e. The molecule has 2 aliphatic heterocycles. The number of ether oxygens (including phenoxy) is 1. The topological polar surface area (TPSA) is 58.6 Å². The Morgan fingerprint density at radius 2 is 2.00 bits per heavy atom. The highest BCUT2D eigenvalue weighted by Gasteiger charge is 2.33. The molecule has 3 heterocycles. The molecule has 6 heteroatoms. The van der Waals surface area contributed by atoms with Crippen LogP contribution in [0.3, 0.4) is 0 Å². The lowest BCUT2D eigenvalue weighted by Crippen LogP contribution is -2.44. The summed E-state index contributed by atoms with van der Waals surface area (Å²) in [5.41, 5.74) is 1.37. The number of rotatable bonds is 3. The molecule has 0 aromatic carbocycles. The van der Waals surface area contributed by atoms with E-state index in [1.54, 1.807) is 25.2 Å². The molecular weight excluding hydrogens is 304 g/mol. The molecule has 0 radical (unpaired) electrons. The SMILES string of the molecule is Cc1nc([C@H]2CCCCN2C2CCOCC2)ncc1C(=O)N(C)C. The van der Waals surface area contributed by atoms with Crippen molar-refractivity contribution in [3.05, 3.63) is 23.3 Å². The van der Waals surface area contributed by atoms with Crippen molar-refractivity contribution in [2.24, 2.45) is 0 Å². The van der Waals surface area contributed by atoms with E-state index in [4.69, 9.17) is 9.72 Å². The molecule has 0 spiro atoms. The van der Waals surface area contributed by atoms with Crippen LogP contribution in [0.5, 0.6) is 0 Å². The van der Waals surface area contributed by atoms with Gasteiger partial charge in [-0.15, -0.1) is 0 Å². The van der Waals surface area contributed by atoms with Gasteiger partial charge >= 0.3 is 0 Å². The van der Waals surface area contributed by atoms with Crippen molar-refractivity contribution >= 4 is 5.91 Å². The Kier molecular flexibility index (Phi) is 5.46. The monoisotopic (exact) mass is 332 g/mol. The highest BCUT2D eigenvalue weighted by Crippen LogP contribution is 2.33. The standard InChI is InChI=1S/C18H28N4O2/c1-13-15(18(23)21(2)3)12-19-17(20-13)16-6-4-5-9-22(16)14-7-10-24-11-8-14/h12,14,16H,4-11H2,1-3H3/t16-/m1/s1. The number of likely N-dealkylation sites (tertiary alicyclic amines) is 1. The Labute approximate surface area is 144 Å².